The van der Waals surface area contributed by atoms with Crippen LogP contribution in [0.2, 0.25) is 5.15 Å². The van der Waals surface area contributed by atoms with Crippen molar-refractivity contribution in [3.05, 3.63) is 22.8 Å². The van der Waals surface area contributed by atoms with Crippen LogP contribution in [0.1, 0.15) is 31.1 Å². The molecule has 0 unspecified atom stereocenters. The zero-order valence-corrected chi connectivity index (χ0v) is 13.1. The third-order valence-electron chi connectivity index (χ3n) is 3.50. The summed E-state index contributed by atoms with van der Waals surface area (Å²) in [7, 11) is 0. The van der Waals surface area contributed by atoms with Crippen molar-refractivity contribution in [2.75, 3.05) is 25.0 Å². The molecule has 1 saturated heterocycles. The third-order valence-corrected chi connectivity index (χ3v) is 3.69. The average molecular weight is 311 g/mol. The highest BCUT2D eigenvalue weighted by Gasteiger charge is 2.40. The number of halogens is 1. The summed E-state index contributed by atoms with van der Waals surface area (Å²) >= 11 is 5.97. The van der Waals surface area contributed by atoms with Crippen molar-refractivity contribution in [3.8, 4) is 0 Å². The molecule has 0 bridgehead atoms. The molecule has 1 aliphatic rings. The first-order valence-corrected chi connectivity index (χ1v) is 7.25. The van der Waals surface area contributed by atoms with Crippen molar-refractivity contribution in [2.45, 2.75) is 26.3 Å². The van der Waals surface area contributed by atoms with Gasteiger partial charge in [-0.05, 0) is 32.9 Å². The Morgan fingerprint density at radius 3 is 2.90 bits per heavy atom. The topological polar surface area (TPSA) is 74.3 Å². The molecule has 0 saturated carbocycles. The van der Waals surface area contributed by atoms with Crippen molar-refractivity contribution in [3.63, 3.8) is 0 Å². The second-order valence-electron chi connectivity index (χ2n) is 5.37. The van der Waals surface area contributed by atoms with Crippen LogP contribution in [-0.4, -0.2) is 46.9 Å². The first-order chi connectivity index (χ1) is 9.86. The SMILES string of the molecule is CCNc1cc(C(=O)N2CCNC(=O)C2(C)C)cc(Cl)n1. The molecule has 6 nitrogen and oxygen atoms in total. The number of pyridine rings is 1. The molecule has 21 heavy (non-hydrogen) atoms. The second-order valence-corrected chi connectivity index (χ2v) is 5.75. The maximum absolute atomic E-state index is 12.7. The monoisotopic (exact) mass is 310 g/mol. The normalized spacial score (nSPS) is 17.3. The van der Waals surface area contributed by atoms with E-state index in [-0.39, 0.29) is 17.0 Å². The largest absolute Gasteiger partial charge is 0.370 e. The minimum absolute atomic E-state index is 0.158. The van der Waals surface area contributed by atoms with Crippen molar-refractivity contribution < 1.29 is 9.59 Å². The fourth-order valence-corrected chi connectivity index (χ4v) is 2.51. The summed E-state index contributed by atoms with van der Waals surface area (Å²) in [5.74, 6) is 0.167. The Balaban J connectivity index is 2.33. The van der Waals surface area contributed by atoms with Crippen molar-refractivity contribution in [1.82, 2.24) is 15.2 Å². The molecule has 114 valence electrons. The van der Waals surface area contributed by atoms with Crippen LogP contribution < -0.4 is 10.6 Å². The molecule has 1 fully saturated rings. The summed E-state index contributed by atoms with van der Waals surface area (Å²) in [4.78, 5) is 30.3. The lowest BCUT2D eigenvalue weighted by Crippen LogP contribution is -2.63. The second kappa shape index (κ2) is 5.89. The summed E-state index contributed by atoms with van der Waals surface area (Å²) < 4.78 is 0. The highest BCUT2D eigenvalue weighted by molar-refractivity contribution is 6.30. The summed E-state index contributed by atoms with van der Waals surface area (Å²) in [5.41, 5.74) is -0.461. The number of carbonyl (C=O) groups excluding carboxylic acids is 2. The van der Waals surface area contributed by atoms with Gasteiger partial charge in [0, 0.05) is 25.2 Å². The highest BCUT2D eigenvalue weighted by Crippen LogP contribution is 2.23. The number of aromatic nitrogens is 1. The van der Waals surface area contributed by atoms with Gasteiger partial charge in [-0.25, -0.2) is 4.98 Å². The molecule has 1 aromatic rings. The summed E-state index contributed by atoms with van der Waals surface area (Å²) in [5, 5.41) is 6.04. The van der Waals surface area contributed by atoms with Gasteiger partial charge in [0.1, 0.15) is 16.5 Å². The van der Waals surface area contributed by atoms with E-state index in [1.165, 1.54) is 6.07 Å². The Morgan fingerprint density at radius 1 is 1.52 bits per heavy atom. The fourth-order valence-electron chi connectivity index (χ4n) is 2.30. The molecule has 0 atom stereocenters. The van der Waals surface area contributed by atoms with Crippen molar-refractivity contribution >= 4 is 29.2 Å². The van der Waals surface area contributed by atoms with Gasteiger partial charge in [0.25, 0.3) is 5.91 Å². The van der Waals surface area contributed by atoms with Crippen molar-refractivity contribution in [1.29, 1.82) is 0 Å². The molecule has 0 radical (unpaired) electrons. The van der Waals surface area contributed by atoms with Gasteiger partial charge < -0.3 is 15.5 Å². The number of nitrogens with one attached hydrogen (secondary N) is 2. The van der Waals surface area contributed by atoms with Gasteiger partial charge in [0.15, 0.2) is 0 Å². The quantitative estimate of drug-likeness (QED) is 0.830. The Hall–Kier alpha value is -1.82. The van der Waals surface area contributed by atoms with E-state index < -0.39 is 5.54 Å². The van der Waals surface area contributed by atoms with Crippen LogP contribution >= 0.6 is 11.6 Å². The van der Waals surface area contributed by atoms with Gasteiger partial charge in [0.05, 0.1) is 0 Å². The zero-order valence-electron chi connectivity index (χ0n) is 12.4. The van der Waals surface area contributed by atoms with Gasteiger partial charge in [-0.2, -0.15) is 0 Å². The lowest BCUT2D eigenvalue weighted by atomic mass is 9.97. The number of rotatable bonds is 3. The summed E-state index contributed by atoms with van der Waals surface area (Å²) in [6.45, 7) is 6.99. The van der Waals surface area contributed by atoms with E-state index in [0.717, 1.165) is 0 Å². The minimum atomic E-state index is -0.885. The number of anilines is 1. The molecule has 2 heterocycles. The molecule has 2 N–H and O–H groups in total. The van der Waals surface area contributed by atoms with Crippen molar-refractivity contribution in [2.24, 2.45) is 0 Å². The molecule has 0 aromatic carbocycles. The summed E-state index contributed by atoms with van der Waals surface area (Å²) in [6, 6.07) is 3.17. The third kappa shape index (κ3) is 3.10. The van der Waals surface area contributed by atoms with Gasteiger partial charge in [-0.3, -0.25) is 9.59 Å². The Morgan fingerprint density at radius 2 is 2.24 bits per heavy atom. The standard InChI is InChI=1S/C14H19ClN4O2/c1-4-16-11-8-9(7-10(15)18-11)12(20)19-6-5-17-13(21)14(19,2)3/h7-8H,4-6H2,1-3H3,(H,16,18)(H,17,21). The van der Waals surface area contributed by atoms with Gasteiger partial charge in [-0.1, -0.05) is 11.6 Å². The number of amides is 2. The van der Waals surface area contributed by atoms with E-state index >= 15 is 0 Å². The number of carbonyl (C=O) groups is 2. The molecule has 2 amide bonds. The van der Waals surface area contributed by atoms with Crippen LogP contribution in [0.25, 0.3) is 0 Å². The van der Waals surface area contributed by atoms with E-state index in [4.69, 9.17) is 11.6 Å². The smallest absolute Gasteiger partial charge is 0.255 e. The van der Waals surface area contributed by atoms with Crippen LogP contribution in [0.5, 0.6) is 0 Å². The minimum Gasteiger partial charge on any atom is -0.370 e. The molecule has 0 aliphatic carbocycles. The zero-order chi connectivity index (χ0) is 15.6. The van der Waals surface area contributed by atoms with E-state index in [1.54, 1.807) is 24.8 Å². The molecule has 7 heteroatoms. The first kappa shape index (κ1) is 15.6. The number of hydrogen-bond acceptors (Lipinski definition) is 4. The van der Waals surface area contributed by atoms with Crippen LogP contribution in [0.3, 0.4) is 0 Å². The predicted octanol–water partition coefficient (Wildman–Crippen LogP) is 1.52. The van der Waals surface area contributed by atoms with Crippen LogP contribution in [0, 0.1) is 0 Å². The van der Waals surface area contributed by atoms with E-state index in [0.29, 0.717) is 31.0 Å². The van der Waals surface area contributed by atoms with Crippen LogP contribution in [0.4, 0.5) is 5.82 Å². The average Bonchev–Trinajstić information content (AvgIpc) is 2.41. The molecular weight excluding hydrogens is 292 g/mol. The Labute approximate surface area is 128 Å². The number of nitrogens with zero attached hydrogens (tertiary/aromatic N) is 2. The predicted molar refractivity (Wildman–Crippen MR) is 81.5 cm³/mol. The molecule has 1 aliphatic heterocycles. The maximum atomic E-state index is 12.7. The van der Waals surface area contributed by atoms with Gasteiger partial charge in [-0.15, -0.1) is 0 Å². The van der Waals surface area contributed by atoms with Crippen LogP contribution in [0.15, 0.2) is 12.1 Å². The summed E-state index contributed by atoms with van der Waals surface area (Å²) in [6.07, 6.45) is 0. The first-order valence-electron chi connectivity index (χ1n) is 6.88. The number of piperazine rings is 1. The Kier molecular flexibility index (Phi) is 4.37. The van der Waals surface area contributed by atoms with Gasteiger partial charge in [0.2, 0.25) is 5.91 Å². The van der Waals surface area contributed by atoms with Gasteiger partial charge >= 0.3 is 0 Å². The number of hydrogen-bond donors (Lipinski definition) is 2. The lowest BCUT2D eigenvalue weighted by Gasteiger charge is -2.41. The highest BCUT2D eigenvalue weighted by atomic mass is 35.5. The molecule has 0 spiro atoms. The maximum Gasteiger partial charge on any atom is 0.255 e. The molecular formula is C14H19ClN4O2. The molecule has 1 aromatic heterocycles. The fraction of sp³-hybridized carbons (Fsp3) is 0.500. The van der Waals surface area contributed by atoms with E-state index in [1.807, 2.05) is 6.92 Å². The van der Waals surface area contributed by atoms with E-state index in [9.17, 15) is 9.59 Å². The van der Waals surface area contributed by atoms with E-state index in [2.05, 4.69) is 15.6 Å². The molecule has 2 rings (SSSR count). The lowest BCUT2D eigenvalue weighted by molar-refractivity contribution is -0.133. The Bertz CT molecular complexity index is 574. The van der Waals surface area contributed by atoms with Crippen LogP contribution in [-0.2, 0) is 4.79 Å².